The van der Waals surface area contributed by atoms with Gasteiger partial charge in [0.1, 0.15) is 5.52 Å². The second-order valence-corrected chi connectivity index (χ2v) is 7.58. The first-order valence-corrected chi connectivity index (χ1v) is 9.98. The van der Waals surface area contributed by atoms with Crippen molar-refractivity contribution in [1.29, 1.82) is 0 Å². The van der Waals surface area contributed by atoms with Gasteiger partial charge in [-0.15, -0.1) is 5.92 Å². The number of hydrogen-bond acceptors (Lipinski definition) is 5. The molecule has 7 nitrogen and oxygen atoms in total. The number of nitrogens with zero attached hydrogens (tertiary/aromatic N) is 5. The van der Waals surface area contributed by atoms with Crippen molar-refractivity contribution in [2.75, 3.05) is 18.0 Å². The van der Waals surface area contributed by atoms with Gasteiger partial charge in [0.25, 0.3) is 5.56 Å². The molecule has 1 fully saturated rings. The van der Waals surface area contributed by atoms with Gasteiger partial charge in [-0.2, -0.15) is 0 Å². The molecule has 0 aliphatic carbocycles. The first-order chi connectivity index (χ1) is 14.1. The first kappa shape index (κ1) is 19.2. The van der Waals surface area contributed by atoms with Crippen LogP contribution in [-0.4, -0.2) is 38.2 Å². The molecule has 3 aromatic rings. The monoisotopic (exact) mass is 390 g/mol. The van der Waals surface area contributed by atoms with Gasteiger partial charge in [-0.1, -0.05) is 12.0 Å². The molecule has 0 spiro atoms. The van der Waals surface area contributed by atoms with Crippen molar-refractivity contribution in [1.82, 2.24) is 19.1 Å². The Hall–Kier alpha value is -3.11. The molecule has 0 bridgehead atoms. The van der Waals surface area contributed by atoms with E-state index >= 15 is 0 Å². The van der Waals surface area contributed by atoms with Crippen LogP contribution in [0.15, 0.2) is 35.4 Å². The molecule has 1 aliphatic rings. The molecule has 1 atom stereocenters. The van der Waals surface area contributed by atoms with Crippen LogP contribution in [0.2, 0.25) is 0 Å². The third-order valence-corrected chi connectivity index (χ3v) is 5.31. The lowest BCUT2D eigenvalue weighted by Gasteiger charge is -2.31. The molecule has 2 N–H and O–H groups in total. The van der Waals surface area contributed by atoms with Crippen molar-refractivity contribution >= 4 is 17.0 Å². The van der Waals surface area contributed by atoms with E-state index in [0.29, 0.717) is 24.1 Å². The van der Waals surface area contributed by atoms with Crippen LogP contribution in [0.25, 0.3) is 11.0 Å². The zero-order chi connectivity index (χ0) is 20.4. The summed E-state index contributed by atoms with van der Waals surface area (Å²) in [6.45, 7) is 6.27. The molecular weight excluding hydrogens is 364 g/mol. The number of rotatable bonds is 4. The Morgan fingerprint density at radius 2 is 2.17 bits per heavy atom. The Bertz CT molecular complexity index is 1130. The third kappa shape index (κ3) is 3.89. The molecule has 0 amide bonds. The molecule has 0 aromatic carbocycles. The molecule has 0 radical (unpaired) electrons. The highest BCUT2D eigenvalue weighted by Crippen LogP contribution is 2.23. The van der Waals surface area contributed by atoms with Gasteiger partial charge in [0.05, 0.1) is 24.3 Å². The zero-order valence-corrected chi connectivity index (χ0v) is 16.9. The number of anilines is 1. The predicted octanol–water partition coefficient (Wildman–Crippen LogP) is 1.90. The predicted molar refractivity (Wildman–Crippen MR) is 115 cm³/mol. The van der Waals surface area contributed by atoms with Crippen LogP contribution in [0.3, 0.4) is 0 Å². The Balaban J connectivity index is 1.79. The van der Waals surface area contributed by atoms with Crippen molar-refractivity contribution in [3.63, 3.8) is 0 Å². The number of nitrogens with two attached hydrogens (primary N) is 1. The minimum absolute atomic E-state index is 0.0807. The Morgan fingerprint density at radius 3 is 2.90 bits per heavy atom. The lowest BCUT2D eigenvalue weighted by Crippen LogP contribution is -2.44. The maximum Gasteiger partial charge on any atom is 0.277 e. The molecule has 3 aromatic heterocycles. The number of pyridine rings is 2. The summed E-state index contributed by atoms with van der Waals surface area (Å²) in [4.78, 5) is 24.7. The van der Waals surface area contributed by atoms with E-state index < -0.39 is 0 Å². The smallest absolute Gasteiger partial charge is 0.277 e. The molecule has 1 aliphatic heterocycles. The minimum Gasteiger partial charge on any atom is -0.341 e. The fourth-order valence-corrected chi connectivity index (χ4v) is 3.80. The first-order valence-electron chi connectivity index (χ1n) is 9.98. The van der Waals surface area contributed by atoms with Gasteiger partial charge in [0.15, 0.2) is 0 Å². The second-order valence-electron chi connectivity index (χ2n) is 7.58. The maximum absolute atomic E-state index is 13.3. The van der Waals surface area contributed by atoms with Crippen LogP contribution >= 0.6 is 0 Å². The van der Waals surface area contributed by atoms with Gasteiger partial charge < -0.3 is 15.2 Å². The van der Waals surface area contributed by atoms with Crippen LogP contribution in [0.1, 0.15) is 31.0 Å². The summed E-state index contributed by atoms with van der Waals surface area (Å²) in [5.41, 5.74) is 9.31. The van der Waals surface area contributed by atoms with Crippen molar-refractivity contribution in [2.45, 2.75) is 45.8 Å². The Morgan fingerprint density at radius 1 is 1.31 bits per heavy atom. The summed E-state index contributed by atoms with van der Waals surface area (Å²) in [6.07, 6.45) is 5.65. The van der Waals surface area contributed by atoms with Gasteiger partial charge in [-0.25, -0.2) is 4.98 Å². The van der Waals surface area contributed by atoms with E-state index in [0.717, 1.165) is 43.1 Å². The highest BCUT2D eigenvalue weighted by molar-refractivity contribution is 5.78. The summed E-state index contributed by atoms with van der Waals surface area (Å²) >= 11 is 0. The van der Waals surface area contributed by atoms with Gasteiger partial charge in [-0.3, -0.25) is 14.3 Å². The van der Waals surface area contributed by atoms with Crippen LogP contribution in [0.5, 0.6) is 0 Å². The molecule has 1 saturated heterocycles. The number of aromatic nitrogens is 4. The number of hydrogen-bond donors (Lipinski definition) is 1. The Kier molecular flexibility index (Phi) is 5.36. The van der Waals surface area contributed by atoms with E-state index in [9.17, 15) is 4.79 Å². The lowest BCUT2D eigenvalue weighted by atomic mass is 10.1. The standard InChI is InChI=1S/C22H26N6O/c1-3-4-11-28-20-19(25-22(28)27-10-5-6-17(23)14-27)9-12-26(21(20)29)15-18-8-7-16(2)13-24-18/h7-9,12-13,17H,5-6,10-11,14-15,23H2,1-2H3. The van der Waals surface area contributed by atoms with Gasteiger partial charge in [0.2, 0.25) is 5.95 Å². The second kappa shape index (κ2) is 8.10. The average molecular weight is 390 g/mol. The summed E-state index contributed by atoms with van der Waals surface area (Å²) in [6, 6.07) is 5.98. The van der Waals surface area contributed by atoms with Gasteiger partial charge >= 0.3 is 0 Å². The topological polar surface area (TPSA) is 82.0 Å². The van der Waals surface area contributed by atoms with Crippen LogP contribution < -0.4 is 16.2 Å². The lowest BCUT2D eigenvalue weighted by molar-refractivity contribution is 0.496. The summed E-state index contributed by atoms with van der Waals surface area (Å²) in [7, 11) is 0. The molecule has 1 unspecified atom stereocenters. The fraction of sp³-hybridized carbons (Fsp3) is 0.409. The summed E-state index contributed by atoms with van der Waals surface area (Å²) in [5.74, 6) is 6.80. The normalized spacial score (nSPS) is 16.7. The molecule has 150 valence electrons. The molecule has 7 heteroatoms. The molecule has 4 heterocycles. The van der Waals surface area contributed by atoms with Crippen molar-refractivity contribution in [3.8, 4) is 11.8 Å². The van der Waals surface area contributed by atoms with E-state index in [-0.39, 0.29) is 11.6 Å². The van der Waals surface area contributed by atoms with Crippen LogP contribution in [-0.2, 0) is 13.1 Å². The number of fused-ring (bicyclic) bond motifs is 1. The minimum atomic E-state index is -0.0807. The molecule has 29 heavy (non-hydrogen) atoms. The SMILES string of the molecule is CC#CCn1c(N2CCCC(N)C2)nc2ccn(Cc3ccc(C)cn3)c(=O)c21. The highest BCUT2D eigenvalue weighted by Gasteiger charge is 2.24. The van der Waals surface area contributed by atoms with E-state index in [4.69, 9.17) is 10.7 Å². The number of aryl methyl sites for hydroxylation is 1. The highest BCUT2D eigenvalue weighted by atomic mass is 16.1. The Labute approximate surface area is 170 Å². The fourth-order valence-electron chi connectivity index (χ4n) is 3.80. The van der Waals surface area contributed by atoms with Crippen molar-refractivity contribution < 1.29 is 0 Å². The summed E-state index contributed by atoms with van der Waals surface area (Å²) in [5, 5.41) is 0. The van der Waals surface area contributed by atoms with E-state index in [1.165, 1.54) is 0 Å². The quantitative estimate of drug-likeness (QED) is 0.688. The van der Waals surface area contributed by atoms with Crippen LogP contribution in [0, 0.1) is 18.8 Å². The van der Waals surface area contributed by atoms with E-state index in [2.05, 4.69) is 21.7 Å². The van der Waals surface area contributed by atoms with Crippen molar-refractivity contribution in [3.05, 3.63) is 52.2 Å². The maximum atomic E-state index is 13.3. The van der Waals surface area contributed by atoms with Gasteiger partial charge in [0, 0.05) is 31.5 Å². The van der Waals surface area contributed by atoms with Gasteiger partial charge in [-0.05, 0) is 44.4 Å². The number of piperidine rings is 1. The number of imidazole rings is 1. The van der Waals surface area contributed by atoms with Crippen LogP contribution in [0.4, 0.5) is 5.95 Å². The molecular formula is C22H26N6O. The molecule has 4 rings (SSSR count). The van der Waals surface area contributed by atoms with E-state index in [1.807, 2.05) is 35.9 Å². The van der Waals surface area contributed by atoms with E-state index in [1.54, 1.807) is 17.7 Å². The third-order valence-electron chi connectivity index (χ3n) is 5.31. The summed E-state index contributed by atoms with van der Waals surface area (Å²) < 4.78 is 3.62. The zero-order valence-electron chi connectivity index (χ0n) is 16.9. The van der Waals surface area contributed by atoms with Crippen molar-refractivity contribution in [2.24, 2.45) is 5.73 Å². The average Bonchev–Trinajstić information content (AvgIpc) is 3.09. The largest absolute Gasteiger partial charge is 0.341 e. The molecule has 0 saturated carbocycles.